The van der Waals surface area contributed by atoms with E-state index >= 15 is 0 Å². The maximum Gasteiger partial charge on any atom is 0.326 e. The summed E-state index contributed by atoms with van der Waals surface area (Å²) < 4.78 is 26.0. The highest BCUT2D eigenvalue weighted by Gasteiger charge is 2.22. The van der Waals surface area contributed by atoms with Crippen LogP contribution in [0.15, 0.2) is 29.2 Å². The molecule has 0 heterocycles. The normalized spacial score (nSPS) is 12.9. The van der Waals surface area contributed by atoms with Crippen LogP contribution in [0.2, 0.25) is 0 Å². The lowest BCUT2D eigenvalue weighted by molar-refractivity contribution is -0.139. The molecule has 0 radical (unpaired) electrons. The van der Waals surface area contributed by atoms with Gasteiger partial charge in [-0.1, -0.05) is 20.8 Å². The zero-order valence-corrected chi connectivity index (χ0v) is 14.2. The first-order chi connectivity index (χ1) is 10.7. The minimum absolute atomic E-state index is 0.0489. The Morgan fingerprint density at radius 1 is 1.17 bits per heavy atom. The molecule has 1 aromatic carbocycles. The summed E-state index contributed by atoms with van der Waals surface area (Å²) in [6, 6.07) is 4.35. The van der Waals surface area contributed by atoms with Crippen molar-refractivity contribution in [3.63, 3.8) is 0 Å². The molecule has 23 heavy (non-hydrogen) atoms. The van der Waals surface area contributed by atoms with Crippen molar-refractivity contribution in [2.75, 3.05) is 6.54 Å². The summed E-state index contributed by atoms with van der Waals surface area (Å²) in [5, 5.41) is 11.6. The highest BCUT2D eigenvalue weighted by atomic mass is 32.2. The van der Waals surface area contributed by atoms with Crippen LogP contribution in [0.25, 0.3) is 0 Å². The number of aliphatic carboxylic acids is 1. The lowest BCUT2D eigenvalue weighted by Gasteiger charge is -2.16. The number of nitrogens with one attached hydrogen (secondary N) is 2. The van der Waals surface area contributed by atoms with E-state index in [2.05, 4.69) is 10.0 Å². The molecule has 0 saturated heterocycles. The van der Waals surface area contributed by atoms with Crippen molar-refractivity contribution >= 4 is 21.9 Å². The Bertz CT molecular complexity index is 653. The third-order valence-electron chi connectivity index (χ3n) is 3.07. The van der Waals surface area contributed by atoms with E-state index in [9.17, 15) is 18.0 Å². The number of carbonyl (C=O) groups excluding carboxylic acids is 1. The quantitative estimate of drug-likeness (QED) is 0.657. The lowest BCUT2D eigenvalue weighted by Crippen LogP contribution is -2.41. The monoisotopic (exact) mass is 342 g/mol. The molecule has 3 N–H and O–H groups in total. The zero-order chi connectivity index (χ0) is 17.6. The molecule has 0 fully saturated rings. The molecule has 0 aliphatic carbocycles. The van der Waals surface area contributed by atoms with Crippen LogP contribution in [-0.4, -0.2) is 38.0 Å². The fourth-order valence-electron chi connectivity index (χ4n) is 1.99. The summed E-state index contributed by atoms with van der Waals surface area (Å²) in [6.45, 7) is 5.66. The van der Waals surface area contributed by atoms with E-state index in [-0.39, 0.29) is 22.9 Å². The van der Waals surface area contributed by atoms with Crippen LogP contribution < -0.4 is 10.0 Å². The molecule has 0 aliphatic heterocycles. The maximum atomic E-state index is 12.1. The van der Waals surface area contributed by atoms with Gasteiger partial charge < -0.3 is 10.4 Å². The molecule has 0 saturated carbocycles. The van der Waals surface area contributed by atoms with Crippen molar-refractivity contribution in [1.29, 1.82) is 0 Å². The summed E-state index contributed by atoms with van der Waals surface area (Å²) in [5.74, 6) is -1.53. The molecule has 1 atom stereocenters. The zero-order valence-electron chi connectivity index (χ0n) is 13.4. The molecule has 1 amide bonds. The first kappa shape index (κ1) is 19.1. The van der Waals surface area contributed by atoms with Crippen LogP contribution in [-0.2, 0) is 14.8 Å². The van der Waals surface area contributed by atoms with Gasteiger partial charge in [0.1, 0.15) is 6.04 Å². The third-order valence-corrected chi connectivity index (χ3v) is 4.63. The van der Waals surface area contributed by atoms with Gasteiger partial charge in [-0.3, -0.25) is 4.79 Å². The average molecular weight is 342 g/mol. The minimum Gasteiger partial charge on any atom is -0.480 e. The van der Waals surface area contributed by atoms with E-state index in [0.717, 1.165) is 0 Å². The van der Waals surface area contributed by atoms with Crippen molar-refractivity contribution < 1.29 is 23.1 Å². The van der Waals surface area contributed by atoms with Crippen LogP contribution in [0.4, 0.5) is 0 Å². The van der Waals surface area contributed by atoms with E-state index < -0.39 is 27.9 Å². The Kier molecular flexibility index (Phi) is 6.71. The summed E-state index contributed by atoms with van der Waals surface area (Å²) in [4.78, 5) is 23.3. The predicted octanol–water partition coefficient (Wildman–Crippen LogP) is 1.21. The van der Waals surface area contributed by atoms with Gasteiger partial charge in [0.15, 0.2) is 0 Å². The van der Waals surface area contributed by atoms with Gasteiger partial charge in [-0.05, 0) is 36.6 Å². The van der Waals surface area contributed by atoms with E-state index in [4.69, 9.17) is 5.11 Å². The lowest BCUT2D eigenvalue weighted by atomic mass is 10.0. The molecule has 8 heteroatoms. The standard InChI is InChI=1S/C15H22N2O5S/c1-4-16-23(21,22)12-7-5-11(6-8-12)14(18)17-13(15(19)20)9-10(2)3/h5-8,10,13,16H,4,9H2,1-3H3,(H,17,18)(H,19,20)/t13-/m0/s1. The number of carboxylic acid groups (broad SMARTS) is 1. The largest absolute Gasteiger partial charge is 0.480 e. The second-order valence-corrected chi connectivity index (χ2v) is 7.29. The molecule has 128 valence electrons. The Hall–Kier alpha value is -1.93. The van der Waals surface area contributed by atoms with Gasteiger partial charge in [-0.2, -0.15) is 0 Å². The summed E-state index contributed by atoms with van der Waals surface area (Å²) in [7, 11) is -3.58. The van der Waals surface area contributed by atoms with Crippen LogP contribution in [0.5, 0.6) is 0 Å². The van der Waals surface area contributed by atoms with Crippen molar-refractivity contribution in [2.24, 2.45) is 5.92 Å². The fourth-order valence-corrected chi connectivity index (χ4v) is 3.03. The molecule has 1 rings (SSSR count). The number of sulfonamides is 1. The highest BCUT2D eigenvalue weighted by molar-refractivity contribution is 7.89. The molecule has 0 aromatic heterocycles. The van der Waals surface area contributed by atoms with Crippen LogP contribution >= 0.6 is 0 Å². The first-order valence-corrected chi connectivity index (χ1v) is 8.79. The summed E-state index contributed by atoms with van der Waals surface area (Å²) >= 11 is 0. The molecule has 7 nitrogen and oxygen atoms in total. The second kappa shape index (κ2) is 8.07. The van der Waals surface area contributed by atoms with Crippen LogP contribution in [0, 0.1) is 5.92 Å². The Morgan fingerprint density at radius 3 is 2.17 bits per heavy atom. The number of carboxylic acids is 1. The topological polar surface area (TPSA) is 113 Å². The van der Waals surface area contributed by atoms with Crippen molar-refractivity contribution in [2.45, 2.75) is 38.1 Å². The van der Waals surface area contributed by atoms with Crippen LogP contribution in [0.1, 0.15) is 37.6 Å². The molecule has 1 aromatic rings. The number of rotatable bonds is 8. The third kappa shape index (κ3) is 5.65. The molecular formula is C15H22N2O5S. The van der Waals surface area contributed by atoms with E-state index in [1.54, 1.807) is 6.92 Å². The van der Waals surface area contributed by atoms with Gasteiger partial charge in [0.05, 0.1) is 4.90 Å². The van der Waals surface area contributed by atoms with Crippen LogP contribution in [0.3, 0.4) is 0 Å². The summed E-state index contributed by atoms with van der Waals surface area (Å²) in [6.07, 6.45) is 0.313. The fraction of sp³-hybridized carbons (Fsp3) is 0.467. The number of hydrogen-bond donors (Lipinski definition) is 3. The smallest absolute Gasteiger partial charge is 0.326 e. The summed E-state index contributed by atoms with van der Waals surface area (Å²) in [5.41, 5.74) is 0.204. The Labute approximate surface area is 136 Å². The first-order valence-electron chi connectivity index (χ1n) is 7.30. The van der Waals surface area contributed by atoms with Gasteiger partial charge in [0, 0.05) is 12.1 Å². The number of benzene rings is 1. The van der Waals surface area contributed by atoms with Gasteiger partial charge in [0.2, 0.25) is 10.0 Å². The van der Waals surface area contributed by atoms with E-state index in [1.165, 1.54) is 24.3 Å². The van der Waals surface area contributed by atoms with E-state index in [1.807, 2.05) is 13.8 Å². The number of carbonyl (C=O) groups is 2. The maximum absolute atomic E-state index is 12.1. The highest BCUT2D eigenvalue weighted by Crippen LogP contribution is 2.11. The van der Waals surface area contributed by atoms with Crippen molar-refractivity contribution in [3.05, 3.63) is 29.8 Å². The second-order valence-electron chi connectivity index (χ2n) is 5.52. The van der Waals surface area contributed by atoms with Gasteiger partial charge in [-0.15, -0.1) is 0 Å². The number of hydrogen-bond acceptors (Lipinski definition) is 4. The SMILES string of the molecule is CCNS(=O)(=O)c1ccc(C(=O)N[C@@H](CC(C)C)C(=O)O)cc1. The Balaban J connectivity index is 2.87. The van der Waals surface area contributed by atoms with Gasteiger partial charge in [-0.25, -0.2) is 17.9 Å². The average Bonchev–Trinajstić information content (AvgIpc) is 2.46. The van der Waals surface area contributed by atoms with Crippen molar-refractivity contribution in [1.82, 2.24) is 10.0 Å². The molecule has 0 bridgehead atoms. The number of amides is 1. The predicted molar refractivity (Wildman–Crippen MR) is 85.6 cm³/mol. The molecule has 0 unspecified atom stereocenters. The molecule has 0 aliphatic rings. The van der Waals surface area contributed by atoms with Gasteiger partial charge >= 0.3 is 5.97 Å². The van der Waals surface area contributed by atoms with E-state index in [0.29, 0.717) is 6.42 Å². The minimum atomic E-state index is -3.58. The van der Waals surface area contributed by atoms with Crippen molar-refractivity contribution in [3.8, 4) is 0 Å². The Morgan fingerprint density at radius 2 is 1.74 bits per heavy atom. The molecular weight excluding hydrogens is 320 g/mol. The molecule has 0 spiro atoms. The van der Waals surface area contributed by atoms with Gasteiger partial charge in [0.25, 0.3) is 5.91 Å².